The fraction of sp³-hybridized carbons (Fsp3) is 0.864. The van der Waals surface area contributed by atoms with Crippen molar-refractivity contribution in [1.82, 2.24) is 20.4 Å². The smallest absolute Gasteiger partial charge is 0.244 e. The van der Waals surface area contributed by atoms with E-state index >= 15 is 0 Å². The number of hydroxylamine groups is 1. The molecule has 13 heteroatoms. The van der Waals surface area contributed by atoms with E-state index in [0.29, 0.717) is 32.8 Å². The Morgan fingerprint density at radius 2 is 1.46 bits per heavy atom. The monoisotopic (exact) mass is 528 g/mol. The standard InChI is InChI=1S/C15H29N3O6.C4H10.C3H9NO2S/c1-11(2)8-12(9-13(19)18-22)15(21)17-10-14(20)16-4-5-24-7-6-23-3;1-4(2)3;1-4(2)7(3,5)6/h11-12,22H,4-10H2,1-3H3,(H,16,20)(H,17,21)(H,18,19);4H,1-3H3;1-3H3/t12-;;/m1../s1. The van der Waals surface area contributed by atoms with Crippen molar-refractivity contribution in [3.05, 3.63) is 0 Å². The quantitative estimate of drug-likeness (QED) is 0.145. The molecule has 0 radical (unpaired) electrons. The van der Waals surface area contributed by atoms with Crippen LogP contribution in [-0.4, -0.2) is 96.0 Å². The van der Waals surface area contributed by atoms with Crippen molar-refractivity contribution in [1.29, 1.82) is 0 Å². The molecular weight excluding hydrogens is 480 g/mol. The molecule has 0 fully saturated rings. The van der Waals surface area contributed by atoms with Gasteiger partial charge in [-0.25, -0.2) is 18.2 Å². The number of nitrogens with one attached hydrogen (secondary N) is 3. The van der Waals surface area contributed by atoms with E-state index in [0.717, 1.165) is 16.5 Å². The molecule has 0 saturated carbocycles. The van der Waals surface area contributed by atoms with Gasteiger partial charge in [0, 0.05) is 40.1 Å². The Bertz CT molecular complexity index is 668. The van der Waals surface area contributed by atoms with Crippen LogP contribution in [-0.2, 0) is 33.9 Å². The second-order valence-corrected chi connectivity index (χ2v) is 11.2. The SMILES string of the molecule is CC(C)C.CN(C)S(C)(=O)=O.COCCOCCNC(=O)CNC(=O)[C@@H](CC(=O)NO)CC(C)C. The molecule has 35 heavy (non-hydrogen) atoms. The summed E-state index contributed by atoms with van der Waals surface area (Å²) in [6, 6.07) is 0. The highest BCUT2D eigenvalue weighted by atomic mass is 32.2. The highest BCUT2D eigenvalue weighted by Gasteiger charge is 2.23. The zero-order valence-electron chi connectivity index (χ0n) is 22.8. The van der Waals surface area contributed by atoms with E-state index in [-0.39, 0.29) is 24.8 Å². The minimum atomic E-state index is -2.91. The lowest BCUT2D eigenvalue weighted by Crippen LogP contribution is -2.41. The topological polar surface area (TPSA) is 163 Å². The maximum Gasteiger partial charge on any atom is 0.244 e. The average Bonchev–Trinajstić information content (AvgIpc) is 2.72. The highest BCUT2D eigenvalue weighted by Crippen LogP contribution is 2.15. The Balaban J connectivity index is -0.000000769. The first-order chi connectivity index (χ1) is 16.1. The van der Waals surface area contributed by atoms with E-state index in [9.17, 15) is 22.8 Å². The van der Waals surface area contributed by atoms with Gasteiger partial charge < -0.3 is 20.1 Å². The first-order valence-corrected chi connectivity index (χ1v) is 13.3. The van der Waals surface area contributed by atoms with Gasteiger partial charge in [-0.15, -0.1) is 0 Å². The maximum atomic E-state index is 12.1. The van der Waals surface area contributed by atoms with Crippen LogP contribution in [0.3, 0.4) is 0 Å². The van der Waals surface area contributed by atoms with Gasteiger partial charge in [0.2, 0.25) is 27.7 Å². The Hall–Kier alpha value is -1.80. The number of sulfonamides is 1. The van der Waals surface area contributed by atoms with E-state index in [4.69, 9.17) is 14.7 Å². The lowest BCUT2D eigenvalue weighted by atomic mass is 9.93. The number of rotatable bonds is 14. The number of methoxy groups -OCH3 is 1. The van der Waals surface area contributed by atoms with Crippen LogP contribution >= 0.6 is 0 Å². The van der Waals surface area contributed by atoms with Crippen molar-refractivity contribution in [3.63, 3.8) is 0 Å². The van der Waals surface area contributed by atoms with Crippen molar-refractivity contribution in [3.8, 4) is 0 Å². The molecule has 0 aliphatic carbocycles. The summed E-state index contributed by atoms with van der Waals surface area (Å²) in [6.45, 7) is 11.8. The lowest BCUT2D eigenvalue weighted by molar-refractivity contribution is -0.135. The number of carbonyl (C=O) groups is 3. The highest BCUT2D eigenvalue weighted by molar-refractivity contribution is 7.88. The summed E-state index contributed by atoms with van der Waals surface area (Å²) in [5.41, 5.74) is 1.52. The van der Waals surface area contributed by atoms with Gasteiger partial charge in [0.1, 0.15) is 0 Å². The molecule has 0 aliphatic rings. The summed E-state index contributed by atoms with van der Waals surface area (Å²) in [5, 5.41) is 13.7. The van der Waals surface area contributed by atoms with E-state index in [1.54, 1.807) is 7.11 Å². The lowest BCUT2D eigenvalue weighted by Gasteiger charge is -2.17. The second kappa shape index (κ2) is 22.7. The molecule has 0 heterocycles. The molecule has 0 rings (SSSR count). The molecule has 0 aromatic carbocycles. The first kappa shape index (κ1) is 37.7. The Morgan fingerprint density at radius 1 is 0.943 bits per heavy atom. The predicted octanol–water partition coefficient (Wildman–Crippen LogP) is 0.610. The van der Waals surface area contributed by atoms with Crippen molar-refractivity contribution >= 4 is 27.7 Å². The van der Waals surface area contributed by atoms with Crippen LogP contribution in [0.25, 0.3) is 0 Å². The second-order valence-electron chi connectivity index (χ2n) is 9.02. The zero-order chi connectivity index (χ0) is 28.0. The Morgan fingerprint density at radius 3 is 1.86 bits per heavy atom. The molecule has 0 saturated heterocycles. The van der Waals surface area contributed by atoms with Gasteiger partial charge in [-0.3, -0.25) is 19.6 Å². The molecule has 210 valence electrons. The zero-order valence-corrected chi connectivity index (χ0v) is 23.7. The van der Waals surface area contributed by atoms with Crippen LogP contribution < -0.4 is 16.1 Å². The summed E-state index contributed by atoms with van der Waals surface area (Å²) in [5.74, 6) is -0.923. The van der Waals surface area contributed by atoms with Gasteiger partial charge in [0.25, 0.3) is 0 Å². The van der Waals surface area contributed by atoms with Crippen molar-refractivity contribution in [2.75, 3.05) is 60.4 Å². The fourth-order valence-corrected chi connectivity index (χ4v) is 2.00. The van der Waals surface area contributed by atoms with E-state index < -0.39 is 27.8 Å². The number of amides is 3. The third-order valence-corrected chi connectivity index (χ3v) is 5.10. The van der Waals surface area contributed by atoms with Crippen molar-refractivity contribution in [2.45, 2.75) is 47.5 Å². The summed E-state index contributed by atoms with van der Waals surface area (Å²) in [6.07, 6.45) is 1.51. The number of ether oxygens (including phenoxy) is 2. The number of hydrogen-bond donors (Lipinski definition) is 4. The fourth-order valence-electron chi connectivity index (χ4n) is 2.00. The van der Waals surface area contributed by atoms with Gasteiger partial charge in [0.05, 0.1) is 32.6 Å². The van der Waals surface area contributed by atoms with Crippen molar-refractivity contribution in [2.24, 2.45) is 17.8 Å². The normalized spacial score (nSPS) is 11.7. The van der Waals surface area contributed by atoms with Crippen LogP contribution in [0.2, 0.25) is 0 Å². The van der Waals surface area contributed by atoms with Crippen LogP contribution in [0.4, 0.5) is 0 Å². The van der Waals surface area contributed by atoms with Gasteiger partial charge in [-0.2, -0.15) is 0 Å². The summed E-state index contributed by atoms with van der Waals surface area (Å²) in [7, 11) is 1.66. The maximum absolute atomic E-state index is 12.1. The minimum Gasteiger partial charge on any atom is -0.382 e. The Kier molecular flexibility index (Phi) is 24.4. The van der Waals surface area contributed by atoms with E-state index in [1.807, 2.05) is 13.8 Å². The average molecular weight is 529 g/mol. The van der Waals surface area contributed by atoms with Crippen LogP contribution in [0.15, 0.2) is 0 Å². The van der Waals surface area contributed by atoms with Crippen LogP contribution in [0.1, 0.15) is 47.5 Å². The van der Waals surface area contributed by atoms with Gasteiger partial charge in [-0.1, -0.05) is 34.6 Å². The molecule has 0 aromatic rings. The molecule has 12 nitrogen and oxygen atoms in total. The molecule has 0 aliphatic heterocycles. The number of hydrogen-bond acceptors (Lipinski definition) is 8. The largest absolute Gasteiger partial charge is 0.382 e. The van der Waals surface area contributed by atoms with E-state index in [1.165, 1.54) is 19.6 Å². The number of nitrogens with zero attached hydrogens (tertiary/aromatic N) is 1. The molecule has 0 aromatic heterocycles. The summed E-state index contributed by atoms with van der Waals surface area (Å²) < 4.78 is 31.7. The summed E-state index contributed by atoms with van der Waals surface area (Å²) >= 11 is 0. The Labute approximate surface area is 211 Å². The molecule has 0 bridgehead atoms. The molecule has 3 amide bonds. The third-order valence-electron chi connectivity index (χ3n) is 3.77. The summed E-state index contributed by atoms with van der Waals surface area (Å²) in [4.78, 5) is 35.0. The van der Waals surface area contributed by atoms with Gasteiger partial charge in [0.15, 0.2) is 0 Å². The molecule has 4 N–H and O–H groups in total. The van der Waals surface area contributed by atoms with Crippen LogP contribution in [0.5, 0.6) is 0 Å². The molecular formula is C22H48N4O8S. The third kappa shape index (κ3) is 30.2. The van der Waals surface area contributed by atoms with Gasteiger partial charge in [-0.05, 0) is 18.3 Å². The van der Waals surface area contributed by atoms with E-state index in [2.05, 4.69) is 31.4 Å². The molecule has 0 spiro atoms. The predicted molar refractivity (Wildman–Crippen MR) is 135 cm³/mol. The first-order valence-electron chi connectivity index (χ1n) is 11.5. The number of carbonyl (C=O) groups excluding carboxylic acids is 3. The minimum absolute atomic E-state index is 0.129. The van der Waals surface area contributed by atoms with Gasteiger partial charge >= 0.3 is 0 Å². The molecule has 1 atom stereocenters. The molecule has 0 unspecified atom stereocenters. The van der Waals surface area contributed by atoms with Crippen LogP contribution in [0, 0.1) is 17.8 Å². The van der Waals surface area contributed by atoms with Crippen molar-refractivity contribution < 1.29 is 37.5 Å².